The number of carbonyl (C=O) groups is 1. The average molecular weight is 321 g/mol. The number of nitrogens with zero attached hydrogens (tertiary/aromatic N) is 4. The van der Waals surface area contributed by atoms with Crippen molar-refractivity contribution in [2.75, 3.05) is 12.4 Å². The number of hydrogen-bond donors (Lipinski definition) is 1. The Labute approximate surface area is 133 Å². The molecule has 0 aliphatic heterocycles. The molecule has 0 bridgehead atoms. The lowest BCUT2D eigenvalue weighted by molar-refractivity contribution is 0.102. The van der Waals surface area contributed by atoms with Crippen LogP contribution in [0.5, 0.6) is 0 Å². The lowest BCUT2D eigenvalue weighted by Crippen LogP contribution is -2.18. The molecular formula is C14H19N5O2S. The molecule has 1 heterocycles. The molecule has 0 saturated heterocycles. The first-order chi connectivity index (χ1) is 10.6. The normalized spacial score (nSPS) is 10.7. The van der Waals surface area contributed by atoms with Gasteiger partial charge in [-0.15, -0.1) is 0 Å². The minimum Gasteiger partial charge on any atom is -0.314 e. The van der Waals surface area contributed by atoms with Crippen molar-refractivity contribution in [2.45, 2.75) is 31.6 Å². The smallest absolute Gasteiger partial charge is 0.258 e. The molecule has 2 rings (SSSR count). The highest BCUT2D eigenvalue weighted by molar-refractivity contribution is 7.94. The molecule has 8 heteroatoms. The summed E-state index contributed by atoms with van der Waals surface area (Å²) in [4.78, 5) is 13.5. The maximum absolute atomic E-state index is 12.5. The third kappa shape index (κ3) is 3.28. The topological polar surface area (TPSA) is 81.9 Å². The molecule has 0 aliphatic carbocycles. The third-order valence-electron chi connectivity index (χ3n) is 3.33. The number of benzene rings is 1. The van der Waals surface area contributed by atoms with Gasteiger partial charge >= 0.3 is 0 Å². The van der Waals surface area contributed by atoms with Gasteiger partial charge in [-0.25, -0.2) is 4.68 Å². The Morgan fingerprint density at radius 1 is 1.36 bits per heavy atom. The van der Waals surface area contributed by atoms with Crippen molar-refractivity contribution in [2.24, 2.45) is 7.05 Å². The average Bonchev–Trinajstić information content (AvgIpc) is 2.92. The van der Waals surface area contributed by atoms with Gasteiger partial charge in [0.2, 0.25) is 5.95 Å². The zero-order valence-corrected chi connectivity index (χ0v) is 13.9. The standard InChI is InChI=1S/C14H19N5O2S/c1-5-9-7-8-11(10(6-2)12(9)22-21-4)13(20)15-14-16-17-18-19(14)3/h7-8H,5-6H2,1-4H3,(H,15,16,18,20). The molecule has 118 valence electrons. The van der Waals surface area contributed by atoms with Crippen LogP contribution in [0.3, 0.4) is 0 Å². The van der Waals surface area contributed by atoms with Crippen LogP contribution in [-0.2, 0) is 24.1 Å². The van der Waals surface area contributed by atoms with Crippen molar-refractivity contribution < 1.29 is 8.98 Å². The van der Waals surface area contributed by atoms with Gasteiger partial charge in [0.1, 0.15) is 0 Å². The molecular weight excluding hydrogens is 302 g/mol. The number of hydrogen-bond acceptors (Lipinski definition) is 6. The van der Waals surface area contributed by atoms with Crippen LogP contribution in [0, 0.1) is 0 Å². The number of carbonyl (C=O) groups excluding carboxylic acids is 1. The second-order valence-electron chi connectivity index (χ2n) is 4.62. The molecule has 1 amide bonds. The van der Waals surface area contributed by atoms with Gasteiger partial charge in [-0.1, -0.05) is 25.0 Å². The zero-order valence-electron chi connectivity index (χ0n) is 13.1. The van der Waals surface area contributed by atoms with Gasteiger partial charge in [-0.2, -0.15) is 0 Å². The molecule has 0 unspecified atom stereocenters. The Bertz CT molecular complexity index is 671. The molecule has 22 heavy (non-hydrogen) atoms. The minimum atomic E-state index is -0.227. The highest BCUT2D eigenvalue weighted by Crippen LogP contribution is 2.31. The van der Waals surface area contributed by atoms with Gasteiger partial charge in [0, 0.05) is 29.5 Å². The molecule has 0 spiro atoms. The number of aryl methyl sites for hydroxylation is 2. The summed E-state index contributed by atoms with van der Waals surface area (Å²) in [6.45, 7) is 4.11. The van der Waals surface area contributed by atoms with Crippen LogP contribution in [0.1, 0.15) is 35.3 Å². The van der Waals surface area contributed by atoms with E-state index in [0.717, 1.165) is 23.3 Å². The van der Waals surface area contributed by atoms with Crippen molar-refractivity contribution >= 4 is 23.9 Å². The van der Waals surface area contributed by atoms with Gasteiger partial charge in [0.15, 0.2) is 0 Å². The molecule has 0 saturated carbocycles. The minimum absolute atomic E-state index is 0.227. The number of rotatable bonds is 6. The Kier molecular flexibility index (Phi) is 5.51. The SMILES string of the molecule is CCc1ccc(C(=O)Nc2nnnn2C)c(CC)c1SOC. The fourth-order valence-corrected chi connectivity index (χ4v) is 3.05. The predicted molar refractivity (Wildman–Crippen MR) is 84.8 cm³/mol. The summed E-state index contributed by atoms with van der Waals surface area (Å²) in [6.07, 6.45) is 1.62. The highest BCUT2D eigenvalue weighted by Gasteiger charge is 2.18. The lowest BCUT2D eigenvalue weighted by Gasteiger charge is -2.15. The van der Waals surface area contributed by atoms with E-state index in [4.69, 9.17) is 4.18 Å². The highest BCUT2D eigenvalue weighted by atomic mass is 32.2. The summed E-state index contributed by atoms with van der Waals surface area (Å²) in [5, 5.41) is 13.7. The Morgan fingerprint density at radius 3 is 2.68 bits per heavy atom. The summed E-state index contributed by atoms with van der Waals surface area (Å²) in [5.74, 6) is 0.0860. The molecule has 0 fully saturated rings. The molecule has 0 atom stereocenters. The van der Waals surface area contributed by atoms with E-state index in [2.05, 4.69) is 27.8 Å². The first kappa shape index (κ1) is 16.4. The van der Waals surface area contributed by atoms with Gasteiger partial charge in [-0.3, -0.25) is 10.1 Å². The van der Waals surface area contributed by atoms with Crippen molar-refractivity contribution in [3.63, 3.8) is 0 Å². The Hall–Kier alpha value is -1.93. The van der Waals surface area contributed by atoms with Gasteiger partial charge < -0.3 is 4.18 Å². The molecule has 1 aromatic heterocycles. The summed E-state index contributed by atoms with van der Waals surface area (Å²) in [7, 11) is 3.30. The lowest BCUT2D eigenvalue weighted by atomic mass is 10.00. The zero-order chi connectivity index (χ0) is 16.1. The van der Waals surface area contributed by atoms with Crippen LogP contribution in [0.25, 0.3) is 0 Å². The number of aromatic nitrogens is 4. The second kappa shape index (κ2) is 7.37. The number of tetrazole rings is 1. The largest absolute Gasteiger partial charge is 0.314 e. The predicted octanol–water partition coefficient (Wildman–Crippen LogP) is 2.24. The van der Waals surface area contributed by atoms with E-state index >= 15 is 0 Å². The van der Waals surface area contributed by atoms with Crippen LogP contribution in [0.2, 0.25) is 0 Å². The van der Waals surface area contributed by atoms with Gasteiger partial charge in [0.05, 0.1) is 7.11 Å². The van der Waals surface area contributed by atoms with E-state index in [1.165, 1.54) is 22.3 Å². The molecule has 7 nitrogen and oxygen atoms in total. The molecule has 2 aromatic rings. The van der Waals surface area contributed by atoms with E-state index in [9.17, 15) is 4.79 Å². The van der Waals surface area contributed by atoms with E-state index < -0.39 is 0 Å². The van der Waals surface area contributed by atoms with Crippen LogP contribution >= 0.6 is 12.0 Å². The fraction of sp³-hybridized carbons (Fsp3) is 0.429. The number of nitrogens with one attached hydrogen (secondary N) is 1. The molecule has 1 aromatic carbocycles. The summed E-state index contributed by atoms with van der Waals surface area (Å²) in [5.41, 5.74) is 2.75. The number of anilines is 1. The first-order valence-electron chi connectivity index (χ1n) is 7.01. The number of amides is 1. The fourth-order valence-electron chi connectivity index (χ4n) is 2.21. The molecule has 0 radical (unpaired) electrons. The quantitative estimate of drug-likeness (QED) is 0.822. The maximum atomic E-state index is 12.5. The monoisotopic (exact) mass is 321 g/mol. The summed E-state index contributed by atoms with van der Waals surface area (Å²) in [6, 6.07) is 3.81. The van der Waals surface area contributed by atoms with Crippen molar-refractivity contribution in [1.29, 1.82) is 0 Å². The van der Waals surface area contributed by atoms with Gasteiger partial charge in [-0.05, 0) is 40.5 Å². The van der Waals surface area contributed by atoms with Crippen molar-refractivity contribution in [1.82, 2.24) is 20.2 Å². The first-order valence-corrected chi connectivity index (χ1v) is 7.75. The van der Waals surface area contributed by atoms with E-state index in [-0.39, 0.29) is 5.91 Å². The third-order valence-corrected chi connectivity index (χ3v) is 4.18. The molecule has 0 aliphatic rings. The maximum Gasteiger partial charge on any atom is 0.258 e. The van der Waals surface area contributed by atoms with E-state index in [1.807, 2.05) is 19.1 Å². The second-order valence-corrected chi connectivity index (χ2v) is 5.53. The van der Waals surface area contributed by atoms with Crippen LogP contribution < -0.4 is 5.32 Å². The summed E-state index contributed by atoms with van der Waals surface area (Å²) < 4.78 is 6.63. The van der Waals surface area contributed by atoms with Crippen LogP contribution in [0.15, 0.2) is 17.0 Å². The Morgan fingerprint density at radius 2 is 2.14 bits per heavy atom. The van der Waals surface area contributed by atoms with E-state index in [0.29, 0.717) is 11.5 Å². The molecule has 1 N–H and O–H groups in total. The summed E-state index contributed by atoms with van der Waals surface area (Å²) >= 11 is 1.29. The van der Waals surface area contributed by atoms with Crippen LogP contribution in [-0.4, -0.2) is 33.2 Å². The van der Waals surface area contributed by atoms with Crippen molar-refractivity contribution in [3.05, 3.63) is 28.8 Å². The van der Waals surface area contributed by atoms with E-state index in [1.54, 1.807) is 14.2 Å². The van der Waals surface area contributed by atoms with Crippen molar-refractivity contribution in [3.8, 4) is 0 Å². The van der Waals surface area contributed by atoms with Crippen LogP contribution in [0.4, 0.5) is 5.95 Å². The van der Waals surface area contributed by atoms with Gasteiger partial charge in [0.25, 0.3) is 5.91 Å². The Balaban J connectivity index is 2.39.